The van der Waals surface area contributed by atoms with Gasteiger partial charge in [-0.25, -0.2) is 15.0 Å². The van der Waals surface area contributed by atoms with E-state index >= 15 is 0 Å². The van der Waals surface area contributed by atoms with E-state index in [4.69, 9.17) is 4.98 Å². The van der Waals surface area contributed by atoms with Gasteiger partial charge in [0.05, 0.1) is 0 Å². The minimum atomic E-state index is 0.436. The summed E-state index contributed by atoms with van der Waals surface area (Å²) >= 11 is 0. The average Bonchev–Trinajstić information content (AvgIpc) is 3.06. The summed E-state index contributed by atoms with van der Waals surface area (Å²) in [4.78, 5) is 16.4. The van der Waals surface area contributed by atoms with Crippen LogP contribution < -0.4 is 0 Å². The van der Waals surface area contributed by atoms with Crippen LogP contribution in [0.2, 0.25) is 0 Å². The van der Waals surface area contributed by atoms with Crippen molar-refractivity contribution in [2.75, 3.05) is 13.1 Å². The molecular weight excluding hydrogens is 262 g/mol. The van der Waals surface area contributed by atoms with E-state index in [1.807, 2.05) is 37.0 Å². The highest BCUT2D eigenvalue weighted by molar-refractivity contribution is 5.50. The number of aryl methyl sites for hydroxylation is 2. The van der Waals surface area contributed by atoms with Crippen molar-refractivity contribution in [1.82, 2.24) is 24.4 Å². The van der Waals surface area contributed by atoms with Gasteiger partial charge in [0.2, 0.25) is 0 Å². The molecular formula is C16H23N5. The lowest BCUT2D eigenvalue weighted by Crippen LogP contribution is -2.28. The van der Waals surface area contributed by atoms with Gasteiger partial charge in [0.25, 0.3) is 0 Å². The fourth-order valence-corrected chi connectivity index (χ4v) is 2.97. The highest BCUT2D eigenvalue weighted by Crippen LogP contribution is 2.27. The van der Waals surface area contributed by atoms with E-state index in [0.29, 0.717) is 12.0 Å². The van der Waals surface area contributed by atoms with Gasteiger partial charge in [-0.2, -0.15) is 0 Å². The molecule has 3 rings (SSSR count). The van der Waals surface area contributed by atoms with Crippen LogP contribution in [0.3, 0.4) is 0 Å². The lowest BCUT2D eigenvalue weighted by Gasteiger charge is -2.20. The Bertz CT molecular complexity index is 631. The predicted molar refractivity (Wildman–Crippen MR) is 83.0 cm³/mol. The molecule has 0 aliphatic carbocycles. The van der Waals surface area contributed by atoms with Crippen LogP contribution in [0.1, 0.15) is 37.7 Å². The van der Waals surface area contributed by atoms with Gasteiger partial charge in [-0.1, -0.05) is 0 Å². The maximum absolute atomic E-state index is 4.79. The molecule has 0 spiro atoms. The minimum Gasteiger partial charge on any atom is -0.333 e. The molecule has 0 radical (unpaired) electrons. The van der Waals surface area contributed by atoms with Crippen molar-refractivity contribution in [1.29, 1.82) is 0 Å². The van der Waals surface area contributed by atoms with E-state index in [9.17, 15) is 0 Å². The molecule has 1 aliphatic rings. The largest absolute Gasteiger partial charge is 0.333 e. The summed E-state index contributed by atoms with van der Waals surface area (Å²) in [6.45, 7) is 8.73. The molecule has 3 heterocycles. The molecule has 5 nitrogen and oxygen atoms in total. The van der Waals surface area contributed by atoms with Crippen molar-refractivity contribution in [3.05, 3.63) is 30.0 Å². The summed E-state index contributed by atoms with van der Waals surface area (Å²) < 4.78 is 2.00. The average molecular weight is 285 g/mol. The molecule has 1 saturated heterocycles. The predicted octanol–water partition coefficient (Wildman–Crippen LogP) is 2.38. The zero-order valence-corrected chi connectivity index (χ0v) is 13.2. The summed E-state index contributed by atoms with van der Waals surface area (Å²) in [5.41, 5.74) is 1.94. The third-order valence-corrected chi connectivity index (χ3v) is 4.24. The Kier molecular flexibility index (Phi) is 3.76. The molecule has 1 fully saturated rings. The van der Waals surface area contributed by atoms with E-state index in [1.165, 1.54) is 0 Å². The van der Waals surface area contributed by atoms with Crippen LogP contribution in [0.25, 0.3) is 11.5 Å². The first-order valence-electron chi connectivity index (χ1n) is 7.62. The first kappa shape index (κ1) is 14.2. The first-order valence-corrected chi connectivity index (χ1v) is 7.62. The van der Waals surface area contributed by atoms with Crippen molar-refractivity contribution in [3.63, 3.8) is 0 Å². The number of imidazole rings is 1. The quantitative estimate of drug-likeness (QED) is 0.868. The van der Waals surface area contributed by atoms with Gasteiger partial charge in [0.1, 0.15) is 11.5 Å². The summed E-state index contributed by atoms with van der Waals surface area (Å²) in [7, 11) is 2.00. The fraction of sp³-hybridized carbons (Fsp3) is 0.562. The number of hydrogen-bond donors (Lipinski definition) is 0. The molecule has 0 saturated carbocycles. The van der Waals surface area contributed by atoms with Crippen LogP contribution in [0.5, 0.6) is 0 Å². The van der Waals surface area contributed by atoms with Crippen LogP contribution >= 0.6 is 0 Å². The SMILES string of the molecule is Cc1cc(-c2nccn2C)nc(C2CCN(C(C)C)C2)n1. The van der Waals surface area contributed by atoms with Crippen molar-refractivity contribution >= 4 is 0 Å². The van der Waals surface area contributed by atoms with Crippen molar-refractivity contribution in [2.24, 2.45) is 7.05 Å². The third-order valence-electron chi connectivity index (χ3n) is 4.24. The zero-order chi connectivity index (χ0) is 15.0. The number of aromatic nitrogens is 4. The summed E-state index contributed by atoms with van der Waals surface area (Å²) in [5, 5.41) is 0. The third kappa shape index (κ3) is 2.83. The number of nitrogens with zero attached hydrogens (tertiary/aromatic N) is 5. The second-order valence-electron chi connectivity index (χ2n) is 6.19. The lowest BCUT2D eigenvalue weighted by molar-refractivity contribution is 0.272. The van der Waals surface area contributed by atoms with Crippen LogP contribution in [0.4, 0.5) is 0 Å². The van der Waals surface area contributed by atoms with Crippen LogP contribution in [0, 0.1) is 6.92 Å². The molecule has 1 unspecified atom stereocenters. The van der Waals surface area contributed by atoms with Gasteiger partial charge < -0.3 is 9.47 Å². The van der Waals surface area contributed by atoms with E-state index in [0.717, 1.165) is 42.5 Å². The lowest BCUT2D eigenvalue weighted by atomic mass is 10.1. The van der Waals surface area contributed by atoms with E-state index in [-0.39, 0.29) is 0 Å². The highest BCUT2D eigenvalue weighted by Gasteiger charge is 2.28. The second-order valence-corrected chi connectivity index (χ2v) is 6.19. The number of hydrogen-bond acceptors (Lipinski definition) is 4. The van der Waals surface area contributed by atoms with Crippen LogP contribution in [-0.2, 0) is 7.05 Å². The van der Waals surface area contributed by atoms with Crippen LogP contribution in [-0.4, -0.2) is 43.6 Å². The zero-order valence-electron chi connectivity index (χ0n) is 13.2. The summed E-state index contributed by atoms with van der Waals surface area (Å²) in [5.74, 6) is 2.31. The molecule has 0 N–H and O–H groups in total. The Morgan fingerprint density at radius 3 is 2.71 bits per heavy atom. The maximum atomic E-state index is 4.79. The number of rotatable bonds is 3. The standard InChI is InChI=1S/C16H23N5/c1-11(2)21-7-5-13(10-21)15-18-12(3)9-14(19-15)16-17-6-8-20(16)4/h6,8-9,11,13H,5,7,10H2,1-4H3. The molecule has 0 amide bonds. The molecule has 1 atom stereocenters. The smallest absolute Gasteiger partial charge is 0.158 e. The first-order chi connectivity index (χ1) is 10.0. The van der Waals surface area contributed by atoms with Gasteiger partial charge in [-0.05, 0) is 39.8 Å². The Labute approximate surface area is 126 Å². The monoisotopic (exact) mass is 285 g/mol. The molecule has 21 heavy (non-hydrogen) atoms. The molecule has 2 aromatic rings. The van der Waals surface area contributed by atoms with E-state index in [2.05, 4.69) is 28.7 Å². The summed E-state index contributed by atoms with van der Waals surface area (Å²) in [6, 6.07) is 2.61. The van der Waals surface area contributed by atoms with Gasteiger partial charge in [-0.15, -0.1) is 0 Å². The topological polar surface area (TPSA) is 46.8 Å². The maximum Gasteiger partial charge on any atom is 0.158 e. The van der Waals surface area contributed by atoms with Crippen molar-refractivity contribution < 1.29 is 0 Å². The Morgan fingerprint density at radius 2 is 2.10 bits per heavy atom. The summed E-state index contributed by atoms with van der Waals surface area (Å²) in [6.07, 6.45) is 4.90. The second kappa shape index (κ2) is 5.56. The van der Waals surface area contributed by atoms with Crippen LogP contribution in [0.15, 0.2) is 18.5 Å². The van der Waals surface area contributed by atoms with E-state index in [1.54, 1.807) is 0 Å². The number of likely N-dealkylation sites (tertiary alicyclic amines) is 1. The van der Waals surface area contributed by atoms with Crippen molar-refractivity contribution in [2.45, 2.75) is 39.2 Å². The Morgan fingerprint density at radius 1 is 1.29 bits per heavy atom. The fourth-order valence-electron chi connectivity index (χ4n) is 2.97. The van der Waals surface area contributed by atoms with Gasteiger partial charge in [-0.3, -0.25) is 0 Å². The Hall–Kier alpha value is -1.75. The van der Waals surface area contributed by atoms with Gasteiger partial charge in [0.15, 0.2) is 5.82 Å². The van der Waals surface area contributed by atoms with Crippen molar-refractivity contribution in [3.8, 4) is 11.5 Å². The highest BCUT2D eigenvalue weighted by atomic mass is 15.2. The molecule has 1 aliphatic heterocycles. The van der Waals surface area contributed by atoms with E-state index < -0.39 is 0 Å². The molecule has 0 aromatic carbocycles. The Balaban J connectivity index is 1.91. The molecule has 2 aromatic heterocycles. The normalized spacial score (nSPS) is 19.6. The molecule has 0 bridgehead atoms. The minimum absolute atomic E-state index is 0.436. The molecule has 112 valence electrons. The molecule has 5 heteroatoms. The van der Waals surface area contributed by atoms with Gasteiger partial charge >= 0.3 is 0 Å². The van der Waals surface area contributed by atoms with Gasteiger partial charge in [0, 0.05) is 43.6 Å².